The third-order valence-electron chi connectivity index (χ3n) is 15.5. The van der Waals surface area contributed by atoms with E-state index in [-0.39, 0.29) is 5.41 Å². The normalized spacial score (nSPS) is 15.7. The van der Waals surface area contributed by atoms with Gasteiger partial charge in [-0.3, -0.25) is 0 Å². The van der Waals surface area contributed by atoms with Gasteiger partial charge in [0.05, 0.1) is 16.7 Å². The lowest BCUT2D eigenvalue weighted by atomic mass is 9.74. The first kappa shape index (κ1) is 40.3. The van der Waals surface area contributed by atoms with E-state index >= 15 is 0 Å². The van der Waals surface area contributed by atoms with Crippen molar-refractivity contribution in [1.82, 2.24) is 4.57 Å². The molecule has 11 aromatic rings. The molecule has 10 aromatic carbocycles. The molecule has 2 aliphatic carbocycles. The minimum atomic E-state index is -0.330. The van der Waals surface area contributed by atoms with Crippen LogP contribution >= 0.6 is 0 Å². The van der Waals surface area contributed by atoms with E-state index in [1.807, 2.05) is 0 Å². The summed E-state index contributed by atoms with van der Waals surface area (Å²) in [7, 11) is 0. The highest BCUT2D eigenvalue weighted by atomic mass is 15.1. The molecule has 0 radical (unpaired) electrons. The van der Waals surface area contributed by atoms with Gasteiger partial charge in [0, 0.05) is 38.8 Å². The highest BCUT2D eigenvalue weighted by Gasteiger charge is 2.41. The van der Waals surface area contributed by atoms with E-state index in [0.717, 1.165) is 17.1 Å². The summed E-state index contributed by atoms with van der Waals surface area (Å²) >= 11 is 0. The minimum absolute atomic E-state index is 0.330. The Morgan fingerprint density at radius 1 is 0.441 bits per heavy atom. The van der Waals surface area contributed by atoms with Gasteiger partial charge in [0.1, 0.15) is 0 Å². The summed E-state index contributed by atoms with van der Waals surface area (Å²) < 4.78 is 2.41. The molecule has 0 aliphatic heterocycles. The predicted octanol–water partition coefficient (Wildman–Crippen LogP) is 18.1. The minimum Gasteiger partial charge on any atom is -0.310 e. The molecule has 0 spiro atoms. The monoisotopic (exact) mass is 872 g/mol. The fourth-order valence-corrected chi connectivity index (χ4v) is 12.2. The molecule has 0 amide bonds. The zero-order chi connectivity index (χ0) is 45.2. The maximum atomic E-state index is 2.52. The second-order valence-corrected chi connectivity index (χ2v) is 19.2. The summed E-state index contributed by atoms with van der Waals surface area (Å²) in [6.07, 6.45) is 6.46. The van der Waals surface area contributed by atoms with Gasteiger partial charge in [-0.2, -0.15) is 0 Å². The molecule has 326 valence electrons. The maximum Gasteiger partial charge on any atom is 0.0547 e. The summed E-state index contributed by atoms with van der Waals surface area (Å²) in [5.41, 5.74) is 19.7. The zero-order valence-corrected chi connectivity index (χ0v) is 38.4. The third kappa shape index (κ3) is 6.46. The number of hydrogen-bond donors (Lipinski definition) is 0. The van der Waals surface area contributed by atoms with Gasteiger partial charge in [-0.25, -0.2) is 0 Å². The van der Waals surface area contributed by atoms with Crippen LogP contribution in [0.1, 0.15) is 67.2 Å². The molecule has 0 saturated heterocycles. The van der Waals surface area contributed by atoms with Gasteiger partial charge in [-0.05, 0) is 141 Å². The lowest BCUT2D eigenvalue weighted by Crippen LogP contribution is -2.22. The third-order valence-corrected chi connectivity index (χ3v) is 15.5. The first-order valence-electron chi connectivity index (χ1n) is 24.5. The second kappa shape index (κ2) is 16.4. The van der Waals surface area contributed by atoms with Crippen molar-refractivity contribution in [2.24, 2.45) is 0 Å². The number of anilines is 3. The SMILES string of the molecule is CC1(c2ccccc2)c2ccccc2-c2ccc(N(c3ccc(-c4ccc5c6ccccc6n(-c6ccccc6)c5c4)cc3)c3ccccc3-c3cccc4cccc(C5CCCCC5)c34)cc21. The van der Waals surface area contributed by atoms with E-state index in [9.17, 15) is 0 Å². The Labute approximate surface area is 399 Å². The number of hydrogen-bond acceptors (Lipinski definition) is 1. The topological polar surface area (TPSA) is 8.17 Å². The largest absolute Gasteiger partial charge is 0.310 e. The van der Waals surface area contributed by atoms with Gasteiger partial charge in [0.25, 0.3) is 0 Å². The molecule has 13 rings (SSSR count). The van der Waals surface area contributed by atoms with Crippen molar-refractivity contribution in [2.75, 3.05) is 4.90 Å². The standard InChI is InChI=1S/C66H52N2/c1-66(49-23-7-3-8-24-49)60-32-14-11-27-54(60)55-42-40-52(44-61(55)66)67(62-33-15-13-29-57(62)59-31-18-22-47-21-17-30-53(65(47)59)46-19-5-2-6-20-46)51-38-35-45(36-39-51)48-37-41-58-56-28-12-16-34-63(56)68(64(58)43-48)50-25-9-4-10-26-50/h3-4,7-18,21-44,46H,2,5-6,19-20H2,1H3. The molecule has 1 unspecified atom stereocenters. The van der Waals surface area contributed by atoms with Crippen LogP contribution in [0.15, 0.2) is 231 Å². The lowest BCUT2D eigenvalue weighted by Gasteiger charge is -2.32. The number of benzene rings is 10. The highest BCUT2D eigenvalue weighted by molar-refractivity contribution is 6.10. The molecular weight excluding hydrogens is 821 g/mol. The lowest BCUT2D eigenvalue weighted by molar-refractivity contribution is 0.445. The summed E-state index contributed by atoms with van der Waals surface area (Å²) in [6.45, 7) is 2.42. The number of para-hydroxylation sites is 3. The summed E-state index contributed by atoms with van der Waals surface area (Å²) in [6, 6.07) is 86.1. The Morgan fingerprint density at radius 2 is 1.07 bits per heavy atom. The average Bonchev–Trinajstić information content (AvgIpc) is 3.88. The van der Waals surface area contributed by atoms with Crippen molar-refractivity contribution in [3.63, 3.8) is 0 Å². The van der Waals surface area contributed by atoms with Gasteiger partial charge in [-0.15, -0.1) is 0 Å². The van der Waals surface area contributed by atoms with Crippen LogP contribution in [0.4, 0.5) is 17.1 Å². The van der Waals surface area contributed by atoms with Crippen LogP contribution in [-0.2, 0) is 5.41 Å². The first-order chi connectivity index (χ1) is 33.6. The molecule has 2 aliphatic rings. The Balaban J connectivity index is 0.999. The highest BCUT2D eigenvalue weighted by Crippen LogP contribution is 2.55. The molecule has 0 N–H and O–H groups in total. The number of nitrogens with zero attached hydrogens (tertiary/aromatic N) is 2. The maximum absolute atomic E-state index is 2.52. The van der Waals surface area contributed by atoms with Crippen LogP contribution in [0, 0.1) is 0 Å². The molecule has 2 nitrogen and oxygen atoms in total. The molecular formula is C66H52N2. The van der Waals surface area contributed by atoms with E-state index in [4.69, 9.17) is 0 Å². The number of aromatic nitrogens is 1. The smallest absolute Gasteiger partial charge is 0.0547 e. The van der Waals surface area contributed by atoms with E-state index in [0.29, 0.717) is 5.92 Å². The van der Waals surface area contributed by atoms with Crippen LogP contribution in [-0.4, -0.2) is 4.57 Å². The Kier molecular flexibility index (Phi) is 9.75. The van der Waals surface area contributed by atoms with Crippen LogP contribution in [0.5, 0.6) is 0 Å². The zero-order valence-electron chi connectivity index (χ0n) is 38.4. The van der Waals surface area contributed by atoms with Crippen LogP contribution in [0.3, 0.4) is 0 Å². The molecule has 1 atom stereocenters. The van der Waals surface area contributed by atoms with Crippen LogP contribution in [0.2, 0.25) is 0 Å². The van der Waals surface area contributed by atoms with Crippen molar-refractivity contribution in [3.8, 4) is 39.1 Å². The van der Waals surface area contributed by atoms with E-state index in [1.54, 1.807) is 0 Å². The van der Waals surface area contributed by atoms with Crippen molar-refractivity contribution < 1.29 is 0 Å². The summed E-state index contributed by atoms with van der Waals surface area (Å²) in [5.74, 6) is 0.576. The van der Waals surface area contributed by atoms with E-state index in [1.165, 1.54) is 126 Å². The van der Waals surface area contributed by atoms with Crippen molar-refractivity contribution in [1.29, 1.82) is 0 Å². The molecule has 2 heteroatoms. The Bertz CT molecular complexity index is 3660. The van der Waals surface area contributed by atoms with E-state index < -0.39 is 0 Å². The molecule has 1 heterocycles. The summed E-state index contributed by atoms with van der Waals surface area (Å²) in [5, 5.41) is 5.23. The molecule has 0 bridgehead atoms. The molecule has 1 fully saturated rings. The Hall–Kier alpha value is -7.94. The van der Waals surface area contributed by atoms with Gasteiger partial charge in [0.2, 0.25) is 0 Å². The molecule has 68 heavy (non-hydrogen) atoms. The van der Waals surface area contributed by atoms with Gasteiger partial charge in [0.15, 0.2) is 0 Å². The summed E-state index contributed by atoms with van der Waals surface area (Å²) in [4.78, 5) is 2.52. The average molecular weight is 873 g/mol. The fraction of sp³-hybridized carbons (Fsp3) is 0.121. The van der Waals surface area contributed by atoms with E-state index in [2.05, 4.69) is 247 Å². The van der Waals surface area contributed by atoms with Crippen molar-refractivity contribution in [2.45, 2.75) is 50.4 Å². The van der Waals surface area contributed by atoms with Crippen LogP contribution < -0.4 is 4.90 Å². The molecule has 1 aromatic heterocycles. The predicted molar refractivity (Wildman–Crippen MR) is 287 cm³/mol. The Morgan fingerprint density at radius 3 is 1.90 bits per heavy atom. The fourth-order valence-electron chi connectivity index (χ4n) is 12.2. The quantitative estimate of drug-likeness (QED) is 0.148. The van der Waals surface area contributed by atoms with Gasteiger partial charge >= 0.3 is 0 Å². The first-order valence-corrected chi connectivity index (χ1v) is 24.5. The molecule has 1 saturated carbocycles. The van der Waals surface area contributed by atoms with Gasteiger partial charge < -0.3 is 9.47 Å². The van der Waals surface area contributed by atoms with Crippen molar-refractivity contribution in [3.05, 3.63) is 253 Å². The van der Waals surface area contributed by atoms with Crippen molar-refractivity contribution >= 4 is 49.6 Å². The van der Waals surface area contributed by atoms with Gasteiger partial charge in [-0.1, -0.05) is 195 Å². The number of rotatable bonds is 8. The second-order valence-electron chi connectivity index (χ2n) is 19.2. The number of fused-ring (bicyclic) bond motifs is 7. The van der Waals surface area contributed by atoms with Crippen LogP contribution in [0.25, 0.3) is 71.6 Å².